The van der Waals surface area contributed by atoms with E-state index in [0.29, 0.717) is 25.1 Å². The van der Waals surface area contributed by atoms with Crippen molar-refractivity contribution in [3.63, 3.8) is 0 Å². The van der Waals surface area contributed by atoms with Crippen molar-refractivity contribution in [2.24, 2.45) is 4.99 Å². The van der Waals surface area contributed by atoms with Gasteiger partial charge in [0, 0.05) is 45.5 Å². The SMILES string of the molecule is CCNC(=NCc1ccc(N2CCN(C)CC2)nc1)NCCc1ccccc1F. The Hall–Kier alpha value is -2.67. The summed E-state index contributed by atoms with van der Waals surface area (Å²) in [5.41, 5.74) is 1.77. The number of halogens is 1. The number of guanidine groups is 1. The lowest BCUT2D eigenvalue weighted by molar-refractivity contribution is 0.312. The van der Waals surface area contributed by atoms with Crippen LogP contribution in [0.5, 0.6) is 0 Å². The van der Waals surface area contributed by atoms with Crippen LogP contribution in [-0.2, 0) is 13.0 Å². The molecule has 0 radical (unpaired) electrons. The smallest absolute Gasteiger partial charge is 0.191 e. The number of nitrogens with zero attached hydrogens (tertiary/aromatic N) is 4. The average molecular weight is 399 g/mol. The summed E-state index contributed by atoms with van der Waals surface area (Å²) in [4.78, 5) is 13.9. The van der Waals surface area contributed by atoms with Crippen molar-refractivity contribution in [1.82, 2.24) is 20.5 Å². The maximum Gasteiger partial charge on any atom is 0.191 e. The summed E-state index contributed by atoms with van der Waals surface area (Å²) in [6.07, 6.45) is 2.51. The van der Waals surface area contributed by atoms with Crippen LogP contribution in [0.25, 0.3) is 0 Å². The van der Waals surface area contributed by atoms with Crippen LogP contribution in [0.4, 0.5) is 10.2 Å². The number of nitrogens with one attached hydrogen (secondary N) is 2. The van der Waals surface area contributed by atoms with Crippen molar-refractivity contribution in [3.05, 3.63) is 59.5 Å². The van der Waals surface area contributed by atoms with Crippen molar-refractivity contribution in [1.29, 1.82) is 0 Å². The molecule has 2 aromatic rings. The molecule has 1 saturated heterocycles. The highest BCUT2D eigenvalue weighted by Gasteiger charge is 2.14. The highest BCUT2D eigenvalue weighted by atomic mass is 19.1. The van der Waals surface area contributed by atoms with E-state index in [0.717, 1.165) is 50.1 Å². The number of rotatable bonds is 7. The van der Waals surface area contributed by atoms with Gasteiger partial charge in [0.15, 0.2) is 5.96 Å². The molecular formula is C22H31FN6. The summed E-state index contributed by atoms with van der Waals surface area (Å²) in [7, 11) is 2.15. The third-order valence-electron chi connectivity index (χ3n) is 5.04. The Morgan fingerprint density at radius 3 is 2.59 bits per heavy atom. The number of benzene rings is 1. The minimum atomic E-state index is -0.164. The molecule has 0 atom stereocenters. The second-order valence-corrected chi connectivity index (χ2v) is 7.28. The standard InChI is InChI=1S/C22H31FN6/c1-3-24-22(25-11-10-19-6-4-5-7-20(19)23)27-17-18-8-9-21(26-16-18)29-14-12-28(2)13-15-29/h4-9,16H,3,10-15,17H2,1-2H3,(H2,24,25,27). The second-order valence-electron chi connectivity index (χ2n) is 7.28. The largest absolute Gasteiger partial charge is 0.357 e. The maximum atomic E-state index is 13.7. The van der Waals surface area contributed by atoms with Crippen molar-refractivity contribution < 1.29 is 4.39 Å². The van der Waals surface area contributed by atoms with E-state index in [-0.39, 0.29) is 5.82 Å². The van der Waals surface area contributed by atoms with Gasteiger partial charge in [0.05, 0.1) is 6.54 Å². The third-order valence-corrected chi connectivity index (χ3v) is 5.04. The zero-order valence-corrected chi connectivity index (χ0v) is 17.4. The lowest BCUT2D eigenvalue weighted by Crippen LogP contribution is -2.44. The highest BCUT2D eigenvalue weighted by molar-refractivity contribution is 5.79. The monoisotopic (exact) mass is 398 g/mol. The van der Waals surface area contributed by atoms with Crippen molar-refractivity contribution in [3.8, 4) is 0 Å². The number of aliphatic imine (C=N–C) groups is 1. The first kappa shape index (κ1) is 21.0. The van der Waals surface area contributed by atoms with E-state index < -0.39 is 0 Å². The van der Waals surface area contributed by atoms with Gasteiger partial charge < -0.3 is 20.4 Å². The summed E-state index contributed by atoms with van der Waals surface area (Å²) < 4.78 is 13.7. The molecule has 0 amide bonds. The van der Waals surface area contributed by atoms with Gasteiger partial charge in [-0.15, -0.1) is 0 Å². The molecule has 0 saturated carbocycles. The number of aromatic nitrogens is 1. The molecule has 0 unspecified atom stereocenters. The van der Waals surface area contributed by atoms with Crippen LogP contribution >= 0.6 is 0 Å². The van der Waals surface area contributed by atoms with Crippen LogP contribution in [0, 0.1) is 5.82 Å². The molecule has 2 N–H and O–H groups in total. The fraction of sp³-hybridized carbons (Fsp3) is 0.455. The Kier molecular flexibility index (Phi) is 7.81. The van der Waals surface area contributed by atoms with Crippen LogP contribution in [0.2, 0.25) is 0 Å². The third kappa shape index (κ3) is 6.42. The van der Waals surface area contributed by atoms with Gasteiger partial charge in [-0.1, -0.05) is 24.3 Å². The molecule has 1 aromatic carbocycles. The molecular weight excluding hydrogens is 367 g/mol. The second kappa shape index (κ2) is 10.8. The number of hydrogen-bond acceptors (Lipinski definition) is 4. The Balaban J connectivity index is 1.52. The van der Waals surface area contributed by atoms with Gasteiger partial charge in [-0.2, -0.15) is 0 Å². The summed E-state index contributed by atoms with van der Waals surface area (Å²) in [6, 6.07) is 11.0. The fourth-order valence-electron chi connectivity index (χ4n) is 3.26. The lowest BCUT2D eigenvalue weighted by Gasteiger charge is -2.33. The zero-order chi connectivity index (χ0) is 20.5. The predicted octanol–water partition coefficient (Wildman–Crippen LogP) is 2.27. The molecule has 1 aliphatic rings. The first-order valence-electron chi connectivity index (χ1n) is 10.3. The van der Waals surface area contributed by atoms with E-state index in [1.807, 2.05) is 25.3 Å². The zero-order valence-electron chi connectivity index (χ0n) is 17.4. The Bertz CT molecular complexity index is 784. The summed E-state index contributed by atoms with van der Waals surface area (Å²) >= 11 is 0. The molecule has 0 aliphatic carbocycles. The fourth-order valence-corrected chi connectivity index (χ4v) is 3.26. The minimum Gasteiger partial charge on any atom is -0.357 e. The quantitative estimate of drug-likeness (QED) is 0.554. The normalized spacial score (nSPS) is 15.4. The Labute approximate surface area is 172 Å². The Morgan fingerprint density at radius 1 is 1.10 bits per heavy atom. The number of pyridine rings is 1. The van der Waals surface area contributed by atoms with Gasteiger partial charge in [0.2, 0.25) is 0 Å². The number of anilines is 1. The molecule has 2 heterocycles. The number of piperazine rings is 1. The molecule has 6 nitrogen and oxygen atoms in total. The van der Waals surface area contributed by atoms with Crippen LogP contribution in [0.15, 0.2) is 47.6 Å². The van der Waals surface area contributed by atoms with Gasteiger partial charge in [-0.05, 0) is 43.7 Å². The van der Waals surface area contributed by atoms with E-state index in [9.17, 15) is 4.39 Å². The van der Waals surface area contributed by atoms with Gasteiger partial charge in [0.25, 0.3) is 0 Å². The summed E-state index contributed by atoms with van der Waals surface area (Å²) in [6.45, 7) is 8.12. The molecule has 7 heteroatoms. The van der Waals surface area contributed by atoms with Gasteiger partial charge >= 0.3 is 0 Å². The van der Waals surface area contributed by atoms with E-state index in [4.69, 9.17) is 0 Å². The van der Waals surface area contributed by atoms with E-state index >= 15 is 0 Å². The molecule has 1 aromatic heterocycles. The minimum absolute atomic E-state index is 0.164. The van der Waals surface area contributed by atoms with Crippen LogP contribution in [0.1, 0.15) is 18.1 Å². The molecule has 3 rings (SSSR count). The van der Waals surface area contributed by atoms with Gasteiger partial charge in [-0.3, -0.25) is 0 Å². The van der Waals surface area contributed by atoms with E-state index in [1.165, 1.54) is 6.07 Å². The molecule has 0 spiro atoms. The van der Waals surface area contributed by atoms with Gasteiger partial charge in [0.1, 0.15) is 11.6 Å². The molecule has 156 valence electrons. The summed E-state index contributed by atoms with van der Waals surface area (Å²) in [5.74, 6) is 1.59. The lowest BCUT2D eigenvalue weighted by atomic mass is 10.1. The highest BCUT2D eigenvalue weighted by Crippen LogP contribution is 2.14. The van der Waals surface area contributed by atoms with E-state index in [1.54, 1.807) is 6.07 Å². The van der Waals surface area contributed by atoms with Crippen molar-refractivity contribution in [2.45, 2.75) is 19.9 Å². The summed E-state index contributed by atoms with van der Waals surface area (Å²) in [5, 5.41) is 6.51. The average Bonchev–Trinajstić information content (AvgIpc) is 2.74. The topological polar surface area (TPSA) is 55.8 Å². The van der Waals surface area contributed by atoms with Crippen molar-refractivity contribution >= 4 is 11.8 Å². The van der Waals surface area contributed by atoms with Crippen LogP contribution in [-0.4, -0.2) is 62.2 Å². The predicted molar refractivity (Wildman–Crippen MR) is 117 cm³/mol. The molecule has 1 fully saturated rings. The van der Waals surface area contributed by atoms with E-state index in [2.05, 4.69) is 49.6 Å². The van der Waals surface area contributed by atoms with Gasteiger partial charge in [-0.25, -0.2) is 14.4 Å². The van der Waals surface area contributed by atoms with Crippen LogP contribution < -0.4 is 15.5 Å². The molecule has 1 aliphatic heterocycles. The Morgan fingerprint density at radius 2 is 1.90 bits per heavy atom. The van der Waals surface area contributed by atoms with Crippen molar-refractivity contribution in [2.75, 3.05) is 51.2 Å². The maximum absolute atomic E-state index is 13.7. The van der Waals surface area contributed by atoms with Crippen LogP contribution in [0.3, 0.4) is 0 Å². The first-order chi connectivity index (χ1) is 14.2. The number of likely N-dealkylation sites (N-methyl/N-ethyl adjacent to an activating group) is 1. The molecule has 0 bridgehead atoms. The number of hydrogen-bond donors (Lipinski definition) is 2. The first-order valence-corrected chi connectivity index (χ1v) is 10.3. The molecule has 29 heavy (non-hydrogen) atoms.